The Morgan fingerprint density at radius 2 is 1.74 bits per heavy atom. The third-order valence-electron chi connectivity index (χ3n) is 3.94. The average molecular weight is 420 g/mol. The zero-order chi connectivity index (χ0) is 16.4. The van der Waals surface area contributed by atoms with Gasteiger partial charge in [-0.25, -0.2) is 0 Å². The molecule has 1 saturated carbocycles. The second-order valence-corrected chi connectivity index (χ2v) is 6.87. The van der Waals surface area contributed by atoms with E-state index < -0.39 is 5.91 Å². The third kappa shape index (κ3) is 3.72. The molecule has 0 atom stereocenters. The highest BCUT2D eigenvalue weighted by atomic mass is 127. The number of nitrogens with two attached hydrogens (primary N) is 1. The van der Waals surface area contributed by atoms with Crippen LogP contribution in [0.4, 0.5) is 0 Å². The Hall–Kier alpha value is -1.89. The summed E-state index contributed by atoms with van der Waals surface area (Å²) in [6.07, 6.45) is 2.10. The zero-order valence-electron chi connectivity index (χ0n) is 12.5. The summed E-state index contributed by atoms with van der Waals surface area (Å²) in [5.41, 5.74) is 7.49. The van der Waals surface area contributed by atoms with Gasteiger partial charge >= 0.3 is 0 Å². The lowest BCUT2D eigenvalue weighted by Crippen LogP contribution is -2.33. The van der Waals surface area contributed by atoms with Crippen LogP contribution in [0.3, 0.4) is 0 Å². The first-order valence-electron chi connectivity index (χ1n) is 7.50. The van der Waals surface area contributed by atoms with Crippen LogP contribution >= 0.6 is 22.6 Å². The molecule has 1 aliphatic rings. The van der Waals surface area contributed by atoms with Gasteiger partial charge in [0.1, 0.15) is 0 Å². The molecule has 0 spiro atoms. The Bertz CT molecular complexity index is 739. The van der Waals surface area contributed by atoms with Gasteiger partial charge in [-0.05, 0) is 65.3 Å². The molecule has 2 aromatic carbocycles. The number of nitrogens with zero attached hydrogens (tertiary/aromatic N) is 1. The summed E-state index contributed by atoms with van der Waals surface area (Å²) in [5.74, 6) is -0.373. The van der Waals surface area contributed by atoms with Gasteiger partial charge in [0.15, 0.2) is 0 Å². The summed E-state index contributed by atoms with van der Waals surface area (Å²) in [6.45, 7) is 0.549. The van der Waals surface area contributed by atoms with E-state index >= 15 is 0 Å². The molecule has 1 fully saturated rings. The minimum Gasteiger partial charge on any atom is -0.366 e. The van der Waals surface area contributed by atoms with Gasteiger partial charge in [-0.3, -0.25) is 9.59 Å². The molecule has 3 rings (SSSR count). The first kappa shape index (κ1) is 16.0. The Balaban J connectivity index is 1.81. The molecule has 118 valence electrons. The van der Waals surface area contributed by atoms with Crippen LogP contribution in [0.15, 0.2) is 48.5 Å². The quantitative estimate of drug-likeness (QED) is 0.756. The second-order valence-electron chi connectivity index (χ2n) is 5.71. The van der Waals surface area contributed by atoms with Gasteiger partial charge in [0.2, 0.25) is 5.91 Å². The average Bonchev–Trinajstić information content (AvgIpc) is 3.37. The van der Waals surface area contributed by atoms with E-state index in [0.29, 0.717) is 18.2 Å². The van der Waals surface area contributed by atoms with Gasteiger partial charge in [0.25, 0.3) is 5.91 Å². The minimum absolute atomic E-state index is 0.0662. The Morgan fingerprint density at radius 3 is 2.30 bits per heavy atom. The highest BCUT2D eigenvalue weighted by molar-refractivity contribution is 14.1. The standard InChI is InChI=1S/C18H17IN2O2/c19-16-4-2-1-3-15(16)18(23)21(14-9-10-14)11-12-5-7-13(8-6-12)17(20)22/h1-8,14H,9-11H2,(H2,20,22). The fraction of sp³-hybridized carbons (Fsp3) is 0.222. The van der Waals surface area contributed by atoms with Crippen molar-refractivity contribution in [3.05, 3.63) is 68.8 Å². The SMILES string of the molecule is NC(=O)c1ccc(CN(C(=O)c2ccccc2I)C2CC2)cc1. The number of halogens is 1. The van der Waals surface area contributed by atoms with Crippen molar-refractivity contribution in [3.63, 3.8) is 0 Å². The van der Waals surface area contributed by atoms with E-state index in [0.717, 1.165) is 27.5 Å². The number of amides is 2. The van der Waals surface area contributed by atoms with Crippen molar-refractivity contribution in [3.8, 4) is 0 Å². The van der Waals surface area contributed by atoms with E-state index in [4.69, 9.17) is 5.73 Å². The molecule has 2 amide bonds. The molecule has 4 nitrogen and oxygen atoms in total. The van der Waals surface area contributed by atoms with Crippen LogP contribution in [-0.2, 0) is 6.54 Å². The molecule has 5 heteroatoms. The maximum atomic E-state index is 12.9. The van der Waals surface area contributed by atoms with Gasteiger partial charge in [0.05, 0.1) is 5.56 Å². The number of hydrogen-bond acceptors (Lipinski definition) is 2. The molecule has 23 heavy (non-hydrogen) atoms. The Morgan fingerprint density at radius 1 is 1.09 bits per heavy atom. The predicted octanol–water partition coefficient (Wildman–Crippen LogP) is 3.19. The number of carbonyl (C=O) groups excluding carboxylic acids is 2. The van der Waals surface area contributed by atoms with Crippen molar-refractivity contribution in [2.24, 2.45) is 5.73 Å². The van der Waals surface area contributed by atoms with Crippen LogP contribution in [0.1, 0.15) is 39.1 Å². The molecule has 0 heterocycles. The summed E-state index contributed by atoms with van der Waals surface area (Å²) in [5, 5.41) is 0. The molecule has 2 N–H and O–H groups in total. The molecule has 0 bridgehead atoms. The fourth-order valence-corrected chi connectivity index (χ4v) is 3.13. The van der Waals surface area contributed by atoms with E-state index in [2.05, 4.69) is 22.6 Å². The second kappa shape index (κ2) is 6.70. The maximum Gasteiger partial charge on any atom is 0.255 e. The van der Waals surface area contributed by atoms with Crippen LogP contribution < -0.4 is 5.73 Å². The molecule has 0 saturated heterocycles. The van der Waals surface area contributed by atoms with Crippen LogP contribution in [0, 0.1) is 3.57 Å². The topological polar surface area (TPSA) is 63.4 Å². The van der Waals surface area contributed by atoms with E-state index in [1.165, 1.54) is 0 Å². The number of benzene rings is 2. The molecule has 1 aliphatic carbocycles. The molecular weight excluding hydrogens is 403 g/mol. The first-order valence-corrected chi connectivity index (χ1v) is 8.58. The van der Waals surface area contributed by atoms with Crippen molar-refractivity contribution in [2.75, 3.05) is 0 Å². The third-order valence-corrected chi connectivity index (χ3v) is 4.88. The number of primary amides is 1. The molecular formula is C18H17IN2O2. The highest BCUT2D eigenvalue weighted by Crippen LogP contribution is 2.30. The lowest BCUT2D eigenvalue weighted by Gasteiger charge is -2.23. The Kier molecular flexibility index (Phi) is 4.66. The number of carbonyl (C=O) groups is 2. The van der Waals surface area contributed by atoms with Gasteiger partial charge in [0, 0.05) is 21.7 Å². The highest BCUT2D eigenvalue weighted by Gasteiger charge is 2.33. The van der Waals surface area contributed by atoms with Gasteiger partial charge in [-0.15, -0.1) is 0 Å². The molecule has 0 radical (unpaired) electrons. The van der Waals surface area contributed by atoms with Crippen molar-refractivity contribution in [1.82, 2.24) is 4.90 Å². The van der Waals surface area contributed by atoms with Crippen LogP contribution in [0.5, 0.6) is 0 Å². The van der Waals surface area contributed by atoms with Crippen LogP contribution in [0.2, 0.25) is 0 Å². The van der Waals surface area contributed by atoms with E-state index in [1.807, 2.05) is 41.3 Å². The fourth-order valence-electron chi connectivity index (χ4n) is 2.51. The van der Waals surface area contributed by atoms with E-state index in [1.54, 1.807) is 12.1 Å². The van der Waals surface area contributed by atoms with Crippen LogP contribution in [-0.4, -0.2) is 22.8 Å². The predicted molar refractivity (Wildman–Crippen MR) is 97.0 cm³/mol. The Labute approximate surface area is 148 Å². The largest absolute Gasteiger partial charge is 0.366 e. The zero-order valence-corrected chi connectivity index (χ0v) is 14.7. The lowest BCUT2D eigenvalue weighted by molar-refractivity contribution is 0.0728. The summed E-state index contributed by atoms with van der Waals surface area (Å²) < 4.78 is 0.963. The number of rotatable bonds is 5. The van der Waals surface area contributed by atoms with Gasteiger partial charge < -0.3 is 10.6 Å². The van der Waals surface area contributed by atoms with Gasteiger partial charge in [-0.1, -0.05) is 24.3 Å². The van der Waals surface area contributed by atoms with Crippen molar-refractivity contribution < 1.29 is 9.59 Å². The van der Waals surface area contributed by atoms with Crippen molar-refractivity contribution in [2.45, 2.75) is 25.4 Å². The van der Waals surface area contributed by atoms with Crippen LogP contribution in [0.25, 0.3) is 0 Å². The summed E-state index contributed by atoms with van der Waals surface area (Å²) in [4.78, 5) is 25.9. The maximum absolute atomic E-state index is 12.9. The monoisotopic (exact) mass is 420 g/mol. The lowest BCUT2D eigenvalue weighted by atomic mass is 10.1. The molecule has 0 aromatic heterocycles. The van der Waals surface area contributed by atoms with Crippen molar-refractivity contribution >= 4 is 34.4 Å². The number of hydrogen-bond donors (Lipinski definition) is 1. The van der Waals surface area contributed by atoms with E-state index in [-0.39, 0.29) is 5.91 Å². The summed E-state index contributed by atoms with van der Waals surface area (Å²) in [6, 6.07) is 15.1. The molecule has 0 unspecified atom stereocenters. The van der Waals surface area contributed by atoms with Crippen molar-refractivity contribution in [1.29, 1.82) is 0 Å². The molecule has 0 aliphatic heterocycles. The van der Waals surface area contributed by atoms with E-state index in [9.17, 15) is 9.59 Å². The van der Waals surface area contributed by atoms with Gasteiger partial charge in [-0.2, -0.15) is 0 Å². The normalized spacial score (nSPS) is 13.6. The first-order chi connectivity index (χ1) is 11.1. The summed E-state index contributed by atoms with van der Waals surface area (Å²) in [7, 11) is 0. The molecule has 2 aromatic rings. The minimum atomic E-state index is -0.439. The summed E-state index contributed by atoms with van der Waals surface area (Å²) >= 11 is 2.20. The smallest absolute Gasteiger partial charge is 0.255 e.